The lowest BCUT2D eigenvalue weighted by atomic mass is 9.77. The summed E-state index contributed by atoms with van der Waals surface area (Å²) in [6.07, 6.45) is 3.74. The van der Waals surface area contributed by atoms with Crippen molar-refractivity contribution in [2.24, 2.45) is 0 Å². The second kappa shape index (κ2) is 4.58. The van der Waals surface area contributed by atoms with Gasteiger partial charge in [-0.25, -0.2) is 4.79 Å². The highest BCUT2D eigenvalue weighted by molar-refractivity contribution is 7.12. The van der Waals surface area contributed by atoms with Crippen LogP contribution in [0.2, 0.25) is 0 Å². The minimum absolute atomic E-state index is 0.446. The third kappa shape index (κ3) is 1.85. The Morgan fingerprint density at radius 2 is 1.94 bits per heavy atom. The number of hydrogen-bond donors (Lipinski definition) is 1. The fourth-order valence-corrected chi connectivity index (χ4v) is 3.25. The molecule has 0 bridgehead atoms. The summed E-state index contributed by atoms with van der Waals surface area (Å²) in [5.74, 6) is -0.217. The smallest absolute Gasteiger partial charge is 0.346 e. The molecule has 0 spiro atoms. The Bertz CT molecular complexity index is 582. The largest absolute Gasteiger partial charge is 0.477 e. The highest BCUT2D eigenvalue weighted by Gasteiger charge is 2.24. The van der Waals surface area contributed by atoms with Gasteiger partial charge in [-0.2, -0.15) is 0 Å². The maximum Gasteiger partial charge on any atom is 0.346 e. The third-order valence-corrected chi connectivity index (χ3v) is 4.56. The molecule has 18 heavy (non-hydrogen) atoms. The first-order chi connectivity index (χ1) is 8.77. The molecule has 3 heteroatoms. The summed E-state index contributed by atoms with van der Waals surface area (Å²) in [6.45, 7) is 0. The third-order valence-electron chi connectivity index (χ3n) is 3.66. The molecule has 1 N–H and O–H groups in total. The summed E-state index contributed by atoms with van der Waals surface area (Å²) in [6, 6.07) is 10.1. The number of carbonyl (C=O) groups is 1. The molecular formula is C15H14O2S. The van der Waals surface area contributed by atoms with Crippen molar-refractivity contribution in [3.63, 3.8) is 0 Å². The van der Waals surface area contributed by atoms with Gasteiger partial charge in [0.15, 0.2) is 0 Å². The van der Waals surface area contributed by atoms with Gasteiger partial charge in [0.2, 0.25) is 0 Å². The molecule has 1 saturated carbocycles. The van der Waals surface area contributed by atoms with Gasteiger partial charge in [-0.15, -0.1) is 11.3 Å². The van der Waals surface area contributed by atoms with E-state index in [1.54, 1.807) is 0 Å². The van der Waals surface area contributed by atoms with Crippen molar-refractivity contribution in [1.29, 1.82) is 0 Å². The van der Waals surface area contributed by atoms with Gasteiger partial charge < -0.3 is 5.11 Å². The SMILES string of the molecule is O=C(O)c1sccc1-c1ccccc1C1CCC1. The van der Waals surface area contributed by atoms with Gasteiger partial charge >= 0.3 is 5.97 Å². The van der Waals surface area contributed by atoms with Crippen LogP contribution in [0.5, 0.6) is 0 Å². The maximum atomic E-state index is 11.2. The lowest BCUT2D eigenvalue weighted by Crippen LogP contribution is -2.10. The molecule has 1 fully saturated rings. The number of benzene rings is 1. The Morgan fingerprint density at radius 1 is 1.17 bits per heavy atom. The van der Waals surface area contributed by atoms with E-state index in [2.05, 4.69) is 6.07 Å². The van der Waals surface area contributed by atoms with Crippen LogP contribution in [0.25, 0.3) is 11.1 Å². The highest BCUT2D eigenvalue weighted by Crippen LogP contribution is 2.42. The van der Waals surface area contributed by atoms with E-state index in [4.69, 9.17) is 0 Å². The Morgan fingerprint density at radius 3 is 2.61 bits per heavy atom. The van der Waals surface area contributed by atoms with Crippen LogP contribution in [0.1, 0.15) is 40.4 Å². The van der Waals surface area contributed by atoms with Crippen molar-refractivity contribution in [3.05, 3.63) is 46.2 Å². The van der Waals surface area contributed by atoms with Crippen molar-refractivity contribution in [3.8, 4) is 11.1 Å². The summed E-state index contributed by atoms with van der Waals surface area (Å²) in [7, 11) is 0. The number of carboxylic acids is 1. The minimum Gasteiger partial charge on any atom is -0.477 e. The van der Waals surface area contributed by atoms with Crippen LogP contribution < -0.4 is 0 Å². The quantitative estimate of drug-likeness (QED) is 0.887. The first-order valence-corrected chi connectivity index (χ1v) is 7.05. The van der Waals surface area contributed by atoms with E-state index in [0.29, 0.717) is 10.8 Å². The highest BCUT2D eigenvalue weighted by atomic mass is 32.1. The zero-order chi connectivity index (χ0) is 12.5. The maximum absolute atomic E-state index is 11.2. The van der Waals surface area contributed by atoms with Gasteiger partial charge in [-0.3, -0.25) is 0 Å². The standard InChI is InChI=1S/C15H14O2S/c16-15(17)14-13(8-9-18-14)12-7-2-1-6-11(12)10-4-3-5-10/h1-2,6-10H,3-5H2,(H,16,17). The van der Waals surface area contributed by atoms with Crippen LogP contribution in [0, 0.1) is 0 Å². The molecule has 0 atom stereocenters. The van der Waals surface area contributed by atoms with Gasteiger partial charge in [-0.05, 0) is 41.3 Å². The van der Waals surface area contributed by atoms with E-state index in [1.165, 1.54) is 36.2 Å². The van der Waals surface area contributed by atoms with Crippen LogP contribution >= 0.6 is 11.3 Å². The van der Waals surface area contributed by atoms with Crippen LogP contribution in [0.15, 0.2) is 35.7 Å². The van der Waals surface area contributed by atoms with Crippen molar-refractivity contribution < 1.29 is 9.90 Å². The zero-order valence-corrected chi connectivity index (χ0v) is 10.7. The van der Waals surface area contributed by atoms with E-state index in [9.17, 15) is 9.90 Å². The average molecular weight is 258 g/mol. The summed E-state index contributed by atoms with van der Waals surface area (Å²) < 4.78 is 0. The molecule has 1 heterocycles. The second-order valence-electron chi connectivity index (χ2n) is 4.68. The molecule has 0 aliphatic heterocycles. The van der Waals surface area contributed by atoms with E-state index >= 15 is 0 Å². The molecule has 1 aromatic carbocycles. The molecule has 2 nitrogen and oxygen atoms in total. The van der Waals surface area contributed by atoms with E-state index in [0.717, 1.165) is 11.1 Å². The molecule has 0 unspecified atom stereocenters. The average Bonchev–Trinajstić information content (AvgIpc) is 2.76. The van der Waals surface area contributed by atoms with Crippen LogP contribution in [-0.4, -0.2) is 11.1 Å². The van der Waals surface area contributed by atoms with Gasteiger partial charge in [0.25, 0.3) is 0 Å². The number of carboxylic acid groups (broad SMARTS) is 1. The van der Waals surface area contributed by atoms with Crippen molar-refractivity contribution in [2.75, 3.05) is 0 Å². The van der Waals surface area contributed by atoms with Crippen LogP contribution in [0.3, 0.4) is 0 Å². The molecule has 3 rings (SSSR count). The van der Waals surface area contributed by atoms with Crippen molar-refractivity contribution in [1.82, 2.24) is 0 Å². The summed E-state index contributed by atoms with van der Waals surface area (Å²) >= 11 is 1.30. The zero-order valence-electron chi connectivity index (χ0n) is 9.93. The lowest BCUT2D eigenvalue weighted by Gasteiger charge is -2.28. The number of rotatable bonds is 3. The van der Waals surface area contributed by atoms with Gasteiger partial charge in [0.1, 0.15) is 4.88 Å². The summed E-state index contributed by atoms with van der Waals surface area (Å²) in [5, 5.41) is 11.1. The van der Waals surface area contributed by atoms with E-state index < -0.39 is 5.97 Å². The molecule has 0 radical (unpaired) electrons. The van der Waals surface area contributed by atoms with Gasteiger partial charge in [-0.1, -0.05) is 30.7 Å². The number of aromatic carboxylic acids is 1. The van der Waals surface area contributed by atoms with Gasteiger partial charge in [0.05, 0.1) is 0 Å². The van der Waals surface area contributed by atoms with Gasteiger partial charge in [0, 0.05) is 5.56 Å². The van der Waals surface area contributed by atoms with Crippen molar-refractivity contribution >= 4 is 17.3 Å². The second-order valence-corrected chi connectivity index (χ2v) is 5.60. The Labute approximate surface area is 110 Å². The van der Waals surface area contributed by atoms with E-state index in [-0.39, 0.29) is 0 Å². The Hall–Kier alpha value is -1.61. The summed E-state index contributed by atoms with van der Waals surface area (Å²) in [4.78, 5) is 11.7. The summed E-state index contributed by atoms with van der Waals surface area (Å²) in [5.41, 5.74) is 3.28. The van der Waals surface area contributed by atoms with Crippen LogP contribution in [0.4, 0.5) is 0 Å². The molecule has 0 amide bonds. The van der Waals surface area contributed by atoms with Crippen LogP contribution in [-0.2, 0) is 0 Å². The number of hydrogen-bond acceptors (Lipinski definition) is 2. The fraction of sp³-hybridized carbons (Fsp3) is 0.267. The predicted molar refractivity (Wildman–Crippen MR) is 73.3 cm³/mol. The molecule has 1 aliphatic carbocycles. The minimum atomic E-state index is -0.830. The topological polar surface area (TPSA) is 37.3 Å². The lowest BCUT2D eigenvalue weighted by molar-refractivity contribution is 0.0703. The Balaban J connectivity index is 2.10. The van der Waals surface area contributed by atoms with Crippen molar-refractivity contribution in [2.45, 2.75) is 25.2 Å². The molecule has 1 aromatic heterocycles. The molecule has 1 aliphatic rings. The molecular weight excluding hydrogens is 244 g/mol. The normalized spacial score (nSPS) is 15.3. The predicted octanol–water partition coefficient (Wildman–Crippen LogP) is 4.38. The first kappa shape index (κ1) is 11.5. The fourth-order valence-electron chi connectivity index (χ4n) is 2.50. The monoisotopic (exact) mass is 258 g/mol. The molecule has 0 saturated heterocycles. The van der Waals surface area contributed by atoms with E-state index in [1.807, 2.05) is 29.6 Å². The number of thiophene rings is 1. The Kier molecular flexibility index (Phi) is 2.92. The molecule has 92 valence electrons. The first-order valence-electron chi connectivity index (χ1n) is 6.17. The molecule has 2 aromatic rings.